The zero-order valence-electron chi connectivity index (χ0n) is 14.0. The molecule has 24 heavy (non-hydrogen) atoms. The number of hydrogen-bond donors (Lipinski definition) is 1. The molecule has 0 spiro atoms. The van der Waals surface area contributed by atoms with Gasteiger partial charge in [0.1, 0.15) is 17.0 Å². The number of ether oxygens (including phenoxy) is 1. The van der Waals surface area contributed by atoms with Gasteiger partial charge in [-0.15, -0.1) is 10.2 Å². The summed E-state index contributed by atoms with van der Waals surface area (Å²) < 4.78 is 5.70. The molecule has 0 aliphatic heterocycles. The van der Waals surface area contributed by atoms with Gasteiger partial charge in [-0.3, -0.25) is 14.9 Å². The lowest BCUT2D eigenvalue weighted by atomic mass is 10.1. The SMILES string of the molecule is CCC(Oc1ccc(C=O)cc1)C(=O)Nc1nnc(CC(C)C)s1. The third-order valence-electron chi connectivity index (χ3n) is 3.24. The molecule has 0 bridgehead atoms. The zero-order valence-corrected chi connectivity index (χ0v) is 14.8. The van der Waals surface area contributed by atoms with Crippen molar-refractivity contribution in [2.24, 2.45) is 5.92 Å². The van der Waals surface area contributed by atoms with Crippen LogP contribution in [0.2, 0.25) is 0 Å². The van der Waals surface area contributed by atoms with Gasteiger partial charge in [0.25, 0.3) is 5.91 Å². The van der Waals surface area contributed by atoms with E-state index in [1.807, 2.05) is 6.92 Å². The molecule has 1 aromatic carbocycles. The molecule has 0 aliphatic rings. The van der Waals surface area contributed by atoms with Crippen LogP contribution >= 0.6 is 11.3 Å². The molecule has 6 nitrogen and oxygen atoms in total. The van der Waals surface area contributed by atoms with Gasteiger partial charge >= 0.3 is 0 Å². The Bertz CT molecular complexity index is 683. The van der Waals surface area contributed by atoms with E-state index in [1.165, 1.54) is 11.3 Å². The van der Waals surface area contributed by atoms with Gasteiger partial charge in [-0.1, -0.05) is 32.1 Å². The van der Waals surface area contributed by atoms with E-state index in [2.05, 4.69) is 29.4 Å². The molecule has 2 rings (SSSR count). The highest BCUT2D eigenvalue weighted by Crippen LogP contribution is 2.20. The van der Waals surface area contributed by atoms with E-state index in [9.17, 15) is 9.59 Å². The molecule has 1 heterocycles. The lowest BCUT2D eigenvalue weighted by Gasteiger charge is -2.16. The number of amides is 1. The highest BCUT2D eigenvalue weighted by molar-refractivity contribution is 7.15. The third-order valence-corrected chi connectivity index (χ3v) is 4.10. The van der Waals surface area contributed by atoms with Crippen molar-refractivity contribution in [2.45, 2.75) is 39.7 Å². The summed E-state index contributed by atoms with van der Waals surface area (Å²) in [5.74, 6) is 0.770. The van der Waals surface area contributed by atoms with Gasteiger partial charge in [0, 0.05) is 12.0 Å². The number of aromatic nitrogens is 2. The Morgan fingerprint density at radius 3 is 2.58 bits per heavy atom. The molecule has 128 valence electrons. The molecule has 1 unspecified atom stereocenters. The molecular weight excluding hydrogens is 326 g/mol. The van der Waals surface area contributed by atoms with Crippen molar-refractivity contribution in [2.75, 3.05) is 5.32 Å². The van der Waals surface area contributed by atoms with E-state index in [-0.39, 0.29) is 5.91 Å². The molecule has 1 amide bonds. The molecule has 0 fully saturated rings. The van der Waals surface area contributed by atoms with E-state index in [0.29, 0.717) is 28.8 Å². The van der Waals surface area contributed by atoms with Gasteiger partial charge in [0.2, 0.25) is 5.13 Å². The first-order valence-corrected chi connectivity index (χ1v) is 8.68. The summed E-state index contributed by atoms with van der Waals surface area (Å²) in [6.45, 7) is 6.08. The van der Waals surface area contributed by atoms with Gasteiger partial charge in [0.05, 0.1) is 0 Å². The molecule has 7 heteroatoms. The quantitative estimate of drug-likeness (QED) is 0.741. The summed E-state index contributed by atoms with van der Waals surface area (Å²) in [6.07, 6.45) is 1.48. The minimum atomic E-state index is -0.635. The first-order chi connectivity index (χ1) is 11.5. The summed E-state index contributed by atoms with van der Waals surface area (Å²) >= 11 is 1.38. The van der Waals surface area contributed by atoms with Crippen molar-refractivity contribution in [1.29, 1.82) is 0 Å². The summed E-state index contributed by atoms with van der Waals surface area (Å²) in [4.78, 5) is 23.0. The predicted molar refractivity (Wildman–Crippen MR) is 93.6 cm³/mol. The maximum absolute atomic E-state index is 12.3. The second-order valence-electron chi connectivity index (χ2n) is 5.79. The van der Waals surface area contributed by atoms with Crippen LogP contribution in [0.25, 0.3) is 0 Å². The van der Waals surface area contributed by atoms with Crippen LogP contribution in [0.3, 0.4) is 0 Å². The normalized spacial score (nSPS) is 12.0. The van der Waals surface area contributed by atoms with Crippen LogP contribution in [0.15, 0.2) is 24.3 Å². The van der Waals surface area contributed by atoms with Crippen molar-refractivity contribution in [3.05, 3.63) is 34.8 Å². The van der Waals surface area contributed by atoms with Gasteiger partial charge in [0.15, 0.2) is 6.10 Å². The average Bonchev–Trinajstić information content (AvgIpc) is 2.99. The van der Waals surface area contributed by atoms with Crippen molar-refractivity contribution in [3.63, 3.8) is 0 Å². The Balaban J connectivity index is 1.97. The third kappa shape index (κ3) is 5.13. The Morgan fingerprint density at radius 1 is 1.29 bits per heavy atom. The molecule has 1 aromatic heterocycles. The summed E-state index contributed by atoms with van der Waals surface area (Å²) in [7, 11) is 0. The zero-order chi connectivity index (χ0) is 17.5. The summed E-state index contributed by atoms with van der Waals surface area (Å²) in [5, 5.41) is 12.2. The highest BCUT2D eigenvalue weighted by atomic mass is 32.1. The van der Waals surface area contributed by atoms with Crippen molar-refractivity contribution >= 4 is 28.7 Å². The molecule has 0 aliphatic carbocycles. The molecule has 0 radical (unpaired) electrons. The van der Waals surface area contributed by atoms with Crippen LogP contribution in [-0.2, 0) is 11.2 Å². The Labute approximate surface area is 145 Å². The number of benzene rings is 1. The van der Waals surface area contributed by atoms with Crippen LogP contribution in [-0.4, -0.2) is 28.5 Å². The number of nitrogens with one attached hydrogen (secondary N) is 1. The van der Waals surface area contributed by atoms with Gasteiger partial charge < -0.3 is 4.74 Å². The number of carbonyl (C=O) groups excluding carboxylic acids is 2. The highest BCUT2D eigenvalue weighted by Gasteiger charge is 2.20. The largest absolute Gasteiger partial charge is 0.481 e. The molecule has 0 saturated carbocycles. The number of carbonyl (C=O) groups is 2. The van der Waals surface area contributed by atoms with E-state index < -0.39 is 6.10 Å². The molecule has 0 saturated heterocycles. The fourth-order valence-corrected chi connectivity index (χ4v) is 2.99. The Hall–Kier alpha value is -2.28. The number of nitrogens with zero attached hydrogens (tertiary/aromatic N) is 2. The maximum Gasteiger partial charge on any atom is 0.267 e. The van der Waals surface area contributed by atoms with Crippen LogP contribution in [0.1, 0.15) is 42.6 Å². The minimum absolute atomic E-state index is 0.260. The Kier molecular flexibility index (Phi) is 6.43. The topological polar surface area (TPSA) is 81.2 Å². The molecule has 1 N–H and O–H groups in total. The first-order valence-electron chi connectivity index (χ1n) is 7.87. The fourth-order valence-electron chi connectivity index (χ4n) is 2.03. The van der Waals surface area contributed by atoms with E-state index in [0.717, 1.165) is 17.7 Å². The number of rotatable bonds is 8. The van der Waals surface area contributed by atoms with Crippen molar-refractivity contribution in [1.82, 2.24) is 10.2 Å². The van der Waals surface area contributed by atoms with Crippen LogP contribution in [0.5, 0.6) is 5.75 Å². The molecule has 2 aromatic rings. The van der Waals surface area contributed by atoms with Gasteiger partial charge in [-0.2, -0.15) is 0 Å². The van der Waals surface area contributed by atoms with Crippen LogP contribution < -0.4 is 10.1 Å². The fraction of sp³-hybridized carbons (Fsp3) is 0.412. The van der Waals surface area contributed by atoms with Crippen LogP contribution in [0, 0.1) is 5.92 Å². The summed E-state index contributed by atoms with van der Waals surface area (Å²) in [5.41, 5.74) is 0.561. The number of anilines is 1. The van der Waals surface area contributed by atoms with Gasteiger partial charge in [-0.05, 0) is 36.6 Å². The van der Waals surface area contributed by atoms with E-state index in [4.69, 9.17) is 4.74 Å². The minimum Gasteiger partial charge on any atom is -0.481 e. The molecular formula is C17H21N3O3S. The Morgan fingerprint density at radius 2 is 2.00 bits per heavy atom. The average molecular weight is 347 g/mol. The number of hydrogen-bond acceptors (Lipinski definition) is 6. The van der Waals surface area contributed by atoms with Crippen LogP contribution in [0.4, 0.5) is 5.13 Å². The monoisotopic (exact) mass is 347 g/mol. The smallest absolute Gasteiger partial charge is 0.267 e. The van der Waals surface area contributed by atoms with Gasteiger partial charge in [-0.25, -0.2) is 0 Å². The second-order valence-corrected chi connectivity index (χ2v) is 6.85. The predicted octanol–water partition coefficient (Wildman–Crippen LogP) is 3.35. The number of aldehydes is 1. The summed E-state index contributed by atoms with van der Waals surface area (Å²) in [6, 6.07) is 6.64. The van der Waals surface area contributed by atoms with Crippen molar-refractivity contribution in [3.8, 4) is 5.75 Å². The lowest BCUT2D eigenvalue weighted by Crippen LogP contribution is -2.32. The second kappa shape index (κ2) is 8.54. The lowest BCUT2D eigenvalue weighted by molar-refractivity contribution is -0.122. The first kappa shape index (κ1) is 18.1. The molecule has 1 atom stereocenters. The standard InChI is InChI=1S/C17H21N3O3S/c1-4-14(23-13-7-5-12(10-21)6-8-13)16(22)18-17-20-19-15(24-17)9-11(2)3/h5-8,10-11,14H,4,9H2,1-3H3,(H,18,20,22). The maximum atomic E-state index is 12.3. The van der Waals surface area contributed by atoms with Crippen molar-refractivity contribution < 1.29 is 14.3 Å². The van der Waals surface area contributed by atoms with E-state index in [1.54, 1.807) is 24.3 Å². The van der Waals surface area contributed by atoms with E-state index >= 15 is 0 Å².